The van der Waals surface area contributed by atoms with Crippen LogP contribution in [0.1, 0.15) is 25.7 Å². The smallest absolute Gasteiger partial charge is 0.365 e. The minimum Gasteiger partial charge on any atom is -0.365 e. The number of anilines is 1. The highest BCUT2D eigenvalue weighted by Crippen LogP contribution is 2.43. The summed E-state index contributed by atoms with van der Waals surface area (Å²) in [4.78, 5) is 28.3. The quantitative estimate of drug-likeness (QED) is 0.494. The van der Waals surface area contributed by atoms with E-state index in [1.165, 1.54) is 17.1 Å². The van der Waals surface area contributed by atoms with Crippen molar-refractivity contribution in [2.24, 2.45) is 12.8 Å². The number of hydrogen-bond acceptors (Lipinski definition) is 5. The number of amides is 2. The third kappa shape index (κ3) is 3.87. The molecule has 11 heteroatoms. The molecule has 0 aliphatic heterocycles. The zero-order valence-electron chi connectivity index (χ0n) is 15.9. The van der Waals surface area contributed by atoms with Crippen molar-refractivity contribution >= 4 is 39.1 Å². The number of primary amides is 1. The first-order chi connectivity index (χ1) is 14.6. The third-order valence-electron chi connectivity index (χ3n) is 4.47. The molecule has 0 saturated carbocycles. The maximum atomic E-state index is 13.5. The Bertz CT molecular complexity index is 1310. The fourth-order valence-electron chi connectivity index (χ4n) is 3.11. The average Bonchev–Trinajstić information content (AvgIpc) is 3.31. The minimum atomic E-state index is -4.70. The molecule has 2 amide bonds. The maximum absolute atomic E-state index is 13.5. The van der Waals surface area contributed by atoms with Crippen LogP contribution in [0.3, 0.4) is 0 Å². The SMILES string of the molecule is Cn1cc(C(=O)Nc2c(C(N)=O)sc3nc(C(F)(F)F)cc(-c4ccccc4)c23)cn1. The van der Waals surface area contributed by atoms with Crippen molar-refractivity contribution in [1.82, 2.24) is 14.8 Å². The fourth-order valence-corrected chi connectivity index (χ4v) is 4.11. The second-order valence-corrected chi connectivity index (χ2v) is 7.63. The van der Waals surface area contributed by atoms with Crippen molar-refractivity contribution in [2.75, 3.05) is 5.32 Å². The van der Waals surface area contributed by atoms with Gasteiger partial charge in [0.1, 0.15) is 15.4 Å². The molecule has 7 nitrogen and oxygen atoms in total. The molecule has 0 bridgehead atoms. The van der Waals surface area contributed by atoms with Gasteiger partial charge in [0.15, 0.2) is 0 Å². The van der Waals surface area contributed by atoms with Crippen LogP contribution >= 0.6 is 11.3 Å². The lowest BCUT2D eigenvalue weighted by Gasteiger charge is -2.12. The highest BCUT2D eigenvalue weighted by Gasteiger charge is 2.35. The molecule has 0 unspecified atom stereocenters. The number of fused-ring (bicyclic) bond motifs is 1. The lowest BCUT2D eigenvalue weighted by Crippen LogP contribution is -2.16. The number of thiophene rings is 1. The van der Waals surface area contributed by atoms with E-state index in [9.17, 15) is 22.8 Å². The number of alkyl halides is 3. The van der Waals surface area contributed by atoms with E-state index < -0.39 is 23.7 Å². The summed E-state index contributed by atoms with van der Waals surface area (Å²) in [5.41, 5.74) is 5.21. The van der Waals surface area contributed by atoms with Gasteiger partial charge in [0.2, 0.25) is 0 Å². The molecule has 0 radical (unpaired) electrons. The van der Waals surface area contributed by atoms with Gasteiger partial charge in [-0.2, -0.15) is 18.3 Å². The number of halogens is 3. The van der Waals surface area contributed by atoms with E-state index in [1.54, 1.807) is 37.4 Å². The fraction of sp³-hybridized carbons (Fsp3) is 0.100. The van der Waals surface area contributed by atoms with Crippen LogP contribution in [0.15, 0.2) is 48.8 Å². The van der Waals surface area contributed by atoms with Crippen molar-refractivity contribution in [2.45, 2.75) is 6.18 Å². The Balaban J connectivity index is 1.99. The van der Waals surface area contributed by atoms with Crippen LogP contribution in [0, 0.1) is 0 Å². The number of nitrogens with one attached hydrogen (secondary N) is 1. The van der Waals surface area contributed by atoms with Crippen molar-refractivity contribution in [3.8, 4) is 11.1 Å². The number of benzene rings is 1. The number of carbonyl (C=O) groups is 2. The number of carbonyl (C=O) groups excluding carboxylic acids is 2. The summed E-state index contributed by atoms with van der Waals surface area (Å²) in [6.07, 6.45) is -1.91. The van der Waals surface area contributed by atoms with E-state index in [0.717, 1.165) is 6.07 Å². The topological polar surface area (TPSA) is 103 Å². The monoisotopic (exact) mass is 445 g/mol. The Morgan fingerprint density at radius 1 is 1.19 bits per heavy atom. The third-order valence-corrected chi connectivity index (χ3v) is 5.56. The minimum absolute atomic E-state index is 0.0152. The lowest BCUT2D eigenvalue weighted by molar-refractivity contribution is -0.140. The molecule has 4 rings (SSSR count). The molecule has 0 aliphatic carbocycles. The molecule has 0 atom stereocenters. The predicted molar refractivity (Wildman–Crippen MR) is 110 cm³/mol. The van der Waals surface area contributed by atoms with Gasteiger partial charge < -0.3 is 11.1 Å². The van der Waals surface area contributed by atoms with Gasteiger partial charge in [-0.1, -0.05) is 30.3 Å². The Kier molecular flexibility index (Phi) is 4.97. The van der Waals surface area contributed by atoms with E-state index in [0.29, 0.717) is 16.9 Å². The first-order valence-corrected chi connectivity index (χ1v) is 9.66. The molecule has 0 spiro atoms. The summed E-state index contributed by atoms with van der Waals surface area (Å²) in [5.74, 6) is -1.48. The van der Waals surface area contributed by atoms with Crippen LogP contribution in [0.2, 0.25) is 0 Å². The number of rotatable bonds is 4. The molecular formula is C20H14F3N5O2S. The van der Waals surface area contributed by atoms with Gasteiger partial charge >= 0.3 is 6.18 Å². The van der Waals surface area contributed by atoms with E-state index in [-0.39, 0.29) is 31.9 Å². The second kappa shape index (κ2) is 7.51. The molecule has 1 aromatic carbocycles. The number of pyridine rings is 1. The Morgan fingerprint density at radius 2 is 1.90 bits per heavy atom. The van der Waals surface area contributed by atoms with Crippen LogP contribution in [-0.4, -0.2) is 26.6 Å². The largest absolute Gasteiger partial charge is 0.433 e. The summed E-state index contributed by atoms with van der Waals surface area (Å²) in [6.45, 7) is 0. The number of nitrogens with zero attached hydrogens (tertiary/aromatic N) is 3. The Morgan fingerprint density at radius 3 is 2.48 bits per heavy atom. The highest BCUT2D eigenvalue weighted by atomic mass is 32.1. The first kappa shape index (κ1) is 20.5. The molecule has 158 valence electrons. The van der Waals surface area contributed by atoms with E-state index in [2.05, 4.69) is 15.4 Å². The number of aromatic nitrogens is 3. The van der Waals surface area contributed by atoms with Gasteiger partial charge in [0.25, 0.3) is 11.8 Å². The van der Waals surface area contributed by atoms with E-state index in [1.807, 2.05) is 0 Å². The second-order valence-electron chi connectivity index (χ2n) is 6.63. The van der Waals surface area contributed by atoms with E-state index in [4.69, 9.17) is 5.73 Å². The number of nitrogens with two attached hydrogens (primary N) is 1. The number of aryl methyl sites for hydroxylation is 1. The average molecular weight is 445 g/mol. The summed E-state index contributed by atoms with van der Waals surface area (Å²) in [7, 11) is 1.63. The number of hydrogen-bond donors (Lipinski definition) is 2. The van der Waals surface area contributed by atoms with Crippen molar-refractivity contribution in [3.63, 3.8) is 0 Å². The summed E-state index contributed by atoms with van der Waals surface area (Å²) in [5, 5.41) is 6.73. The van der Waals surface area contributed by atoms with Gasteiger partial charge in [-0.25, -0.2) is 4.98 Å². The van der Waals surface area contributed by atoms with Gasteiger partial charge in [0, 0.05) is 18.6 Å². The lowest BCUT2D eigenvalue weighted by atomic mass is 10.0. The zero-order chi connectivity index (χ0) is 22.3. The first-order valence-electron chi connectivity index (χ1n) is 8.85. The summed E-state index contributed by atoms with van der Waals surface area (Å²) < 4.78 is 41.9. The highest BCUT2D eigenvalue weighted by molar-refractivity contribution is 7.21. The predicted octanol–water partition coefficient (Wildman–Crippen LogP) is 4.07. The van der Waals surface area contributed by atoms with Crippen molar-refractivity contribution in [1.29, 1.82) is 0 Å². The molecule has 0 fully saturated rings. The Labute approximate surface area is 177 Å². The molecular weight excluding hydrogens is 431 g/mol. The zero-order valence-corrected chi connectivity index (χ0v) is 16.7. The molecule has 4 aromatic rings. The van der Waals surface area contributed by atoms with Crippen LogP contribution in [0.4, 0.5) is 18.9 Å². The normalized spacial score (nSPS) is 11.6. The van der Waals surface area contributed by atoms with Crippen LogP contribution < -0.4 is 11.1 Å². The standard InChI is InChI=1S/C20H14F3N5O2S/c1-28-9-11(8-25-28)18(30)27-15-14-12(10-5-3-2-4-6-10)7-13(20(21,22)23)26-19(14)31-16(15)17(24)29/h2-9H,1H3,(H2,24,29)(H,27,30). The maximum Gasteiger partial charge on any atom is 0.433 e. The van der Waals surface area contributed by atoms with Crippen LogP contribution in [-0.2, 0) is 13.2 Å². The van der Waals surface area contributed by atoms with Gasteiger partial charge in [0.05, 0.1) is 17.4 Å². The van der Waals surface area contributed by atoms with Crippen LogP contribution in [0.25, 0.3) is 21.3 Å². The molecule has 0 aliphatic rings. The van der Waals surface area contributed by atoms with Crippen molar-refractivity contribution in [3.05, 3.63) is 64.9 Å². The molecule has 3 aromatic heterocycles. The Hall–Kier alpha value is -3.73. The summed E-state index contributed by atoms with van der Waals surface area (Å²) in [6, 6.07) is 9.22. The molecule has 31 heavy (non-hydrogen) atoms. The van der Waals surface area contributed by atoms with Gasteiger partial charge in [-0.05, 0) is 17.2 Å². The van der Waals surface area contributed by atoms with Gasteiger partial charge in [-0.15, -0.1) is 11.3 Å². The van der Waals surface area contributed by atoms with E-state index >= 15 is 0 Å². The molecule has 3 N–H and O–H groups in total. The van der Waals surface area contributed by atoms with Crippen molar-refractivity contribution < 1.29 is 22.8 Å². The van der Waals surface area contributed by atoms with Crippen LogP contribution in [0.5, 0.6) is 0 Å². The molecule has 0 saturated heterocycles. The molecule has 3 heterocycles. The summed E-state index contributed by atoms with van der Waals surface area (Å²) >= 11 is 0.692. The van der Waals surface area contributed by atoms with Gasteiger partial charge in [-0.3, -0.25) is 14.3 Å².